The highest BCUT2D eigenvalue weighted by atomic mass is 16.5. The molecule has 1 saturated carbocycles. The molecule has 0 spiro atoms. The summed E-state index contributed by atoms with van der Waals surface area (Å²) in [6.45, 7) is 9.22. The molecule has 0 amide bonds. The smallest absolute Gasteiger partial charge is 0.290 e. The summed E-state index contributed by atoms with van der Waals surface area (Å²) in [6, 6.07) is 9.56. The van der Waals surface area contributed by atoms with Gasteiger partial charge in [0.1, 0.15) is 5.82 Å². The maximum atomic E-state index is 8.36. The van der Waals surface area contributed by atoms with Gasteiger partial charge in [-0.05, 0) is 50.3 Å². The van der Waals surface area contributed by atoms with E-state index in [9.17, 15) is 0 Å². The highest BCUT2D eigenvalue weighted by molar-refractivity contribution is 5.63. The molecule has 2 N–H and O–H groups in total. The molecule has 3 aliphatic rings. The van der Waals surface area contributed by atoms with Gasteiger partial charge in [-0.25, -0.2) is 4.98 Å². The molecular weight excluding hydrogens is 430 g/mol. The van der Waals surface area contributed by atoms with Crippen LogP contribution in [0.1, 0.15) is 68.7 Å². The van der Waals surface area contributed by atoms with Crippen molar-refractivity contribution in [2.75, 3.05) is 36.5 Å². The number of hydrogen-bond acceptors (Lipinski definition) is 7. The Morgan fingerprint density at radius 1 is 1.06 bits per heavy atom. The van der Waals surface area contributed by atoms with Gasteiger partial charge in [0.05, 0.1) is 18.9 Å². The zero-order valence-corrected chi connectivity index (χ0v) is 20.4. The minimum Gasteiger partial charge on any atom is -0.483 e. The van der Waals surface area contributed by atoms with Gasteiger partial charge in [-0.2, -0.15) is 4.98 Å². The number of rotatable bonds is 5. The van der Waals surface area contributed by atoms with Crippen molar-refractivity contribution in [3.8, 4) is 0 Å². The lowest BCUT2D eigenvalue weighted by Crippen LogP contribution is -2.37. The standard InChI is InChI=1S/C25H35N5O.CH2O2/c1-18(2)30-16-22-23(17-30)27-25(29-12-14-31-15-13-29)28-24(22)26-21-10-8-20(9-11-21)19-6-4-3-5-7-19;2-1-3/h8-11,18-19H,3-7,12-17H2,1-2H3,(H,26,27,28);1H,(H,2,3). The van der Waals surface area contributed by atoms with Gasteiger partial charge in [0, 0.05) is 43.5 Å². The van der Waals surface area contributed by atoms with Crippen molar-refractivity contribution in [2.24, 2.45) is 0 Å². The first-order chi connectivity index (χ1) is 16.6. The lowest BCUT2D eigenvalue weighted by atomic mass is 9.84. The van der Waals surface area contributed by atoms with Crippen molar-refractivity contribution >= 4 is 23.9 Å². The molecule has 8 nitrogen and oxygen atoms in total. The lowest BCUT2D eigenvalue weighted by Gasteiger charge is -2.27. The first-order valence-electron chi connectivity index (χ1n) is 12.5. The molecule has 2 fully saturated rings. The van der Waals surface area contributed by atoms with Crippen LogP contribution in [0.3, 0.4) is 0 Å². The SMILES string of the molecule is CC(C)N1Cc2nc(N3CCOCC3)nc(Nc3ccc(C4CCCCC4)cc3)c2C1.O=CO. The van der Waals surface area contributed by atoms with Gasteiger partial charge in [-0.1, -0.05) is 31.4 Å². The molecule has 1 aromatic carbocycles. The van der Waals surface area contributed by atoms with E-state index in [0.29, 0.717) is 6.04 Å². The molecule has 0 bridgehead atoms. The molecule has 0 unspecified atom stereocenters. The maximum Gasteiger partial charge on any atom is 0.290 e. The quantitative estimate of drug-likeness (QED) is 0.620. The summed E-state index contributed by atoms with van der Waals surface area (Å²) in [4.78, 5) is 23.0. The number of anilines is 3. The molecule has 1 aromatic heterocycles. The number of morpholine rings is 1. The fourth-order valence-corrected chi connectivity index (χ4v) is 5.05. The van der Waals surface area contributed by atoms with Gasteiger partial charge in [0.15, 0.2) is 0 Å². The van der Waals surface area contributed by atoms with Crippen LogP contribution in [0.2, 0.25) is 0 Å². The molecule has 1 saturated heterocycles. The zero-order valence-electron chi connectivity index (χ0n) is 20.4. The second kappa shape index (κ2) is 11.6. The number of nitrogens with zero attached hydrogens (tertiary/aromatic N) is 4. The lowest BCUT2D eigenvalue weighted by molar-refractivity contribution is -0.122. The van der Waals surface area contributed by atoms with Crippen LogP contribution in [0.4, 0.5) is 17.5 Å². The Morgan fingerprint density at radius 2 is 1.74 bits per heavy atom. The Hall–Kier alpha value is -2.71. The Morgan fingerprint density at radius 3 is 2.38 bits per heavy atom. The van der Waals surface area contributed by atoms with Crippen molar-refractivity contribution in [1.82, 2.24) is 14.9 Å². The molecule has 5 rings (SSSR count). The third kappa shape index (κ3) is 5.85. The molecule has 184 valence electrons. The van der Waals surface area contributed by atoms with Crippen molar-refractivity contribution in [1.29, 1.82) is 0 Å². The molecule has 1 aliphatic carbocycles. The summed E-state index contributed by atoms with van der Waals surface area (Å²) >= 11 is 0. The molecule has 0 atom stereocenters. The van der Waals surface area contributed by atoms with Crippen LogP contribution >= 0.6 is 0 Å². The van der Waals surface area contributed by atoms with Gasteiger partial charge < -0.3 is 20.1 Å². The van der Waals surface area contributed by atoms with Crippen LogP contribution in [0.5, 0.6) is 0 Å². The third-order valence-corrected chi connectivity index (χ3v) is 7.07. The van der Waals surface area contributed by atoms with E-state index in [1.807, 2.05) is 0 Å². The average molecular weight is 468 g/mol. The van der Waals surface area contributed by atoms with E-state index in [-0.39, 0.29) is 6.47 Å². The topological polar surface area (TPSA) is 90.8 Å². The molecule has 3 heterocycles. The third-order valence-electron chi connectivity index (χ3n) is 7.07. The van der Waals surface area contributed by atoms with E-state index in [1.165, 1.54) is 43.2 Å². The predicted octanol–water partition coefficient (Wildman–Crippen LogP) is 4.53. The van der Waals surface area contributed by atoms with Crippen molar-refractivity contribution < 1.29 is 14.6 Å². The number of hydrogen-bond donors (Lipinski definition) is 2. The summed E-state index contributed by atoms with van der Waals surface area (Å²) in [5, 5.41) is 10.5. The van der Waals surface area contributed by atoms with E-state index in [4.69, 9.17) is 24.6 Å². The largest absolute Gasteiger partial charge is 0.483 e. The summed E-state index contributed by atoms with van der Waals surface area (Å²) in [5.41, 5.74) is 4.99. The van der Waals surface area contributed by atoms with E-state index < -0.39 is 0 Å². The van der Waals surface area contributed by atoms with Gasteiger partial charge in [-0.15, -0.1) is 0 Å². The van der Waals surface area contributed by atoms with Crippen LogP contribution in [0.25, 0.3) is 0 Å². The molecule has 2 aliphatic heterocycles. The van der Waals surface area contributed by atoms with Crippen LogP contribution in [-0.4, -0.2) is 58.8 Å². The summed E-state index contributed by atoms with van der Waals surface area (Å²) < 4.78 is 5.53. The van der Waals surface area contributed by atoms with Gasteiger partial charge in [0.2, 0.25) is 5.95 Å². The van der Waals surface area contributed by atoms with Gasteiger partial charge in [-0.3, -0.25) is 9.69 Å². The van der Waals surface area contributed by atoms with E-state index in [1.54, 1.807) is 0 Å². The Labute approximate surface area is 202 Å². The molecule has 34 heavy (non-hydrogen) atoms. The molecule has 0 radical (unpaired) electrons. The van der Waals surface area contributed by atoms with Crippen LogP contribution in [0.15, 0.2) is 24.3 Å². The molecule has 2 aromatic rings. The van der Waals surface area contributed by atoms with Gasteiger partial charge >= 0.3 is 0 Å². The number of ether oxygens (including phenoxy) is 1. The Balaban J connectivity index is 0.000000868. The van der Waals surface area contributed by atoms with Crippen LogP contribution in [0, 0.1) is 0 Å². The van der Waals surface area contributed by atoms with Crippen LogP contribution < -0.4 is 10.2 Å². The Bertz CT molecular complexity index is 938. The first kappa shape index (κ1) is 24.4. The minimum atomic E-state index is -0.250. The summed E-state index contributed by atoms with van der Waals surface area (Å²) in [7, 11) is 0. The van der Waals surface area contributed by atoms with E-state index >= 15 is 0 Å². The highest BCUT2D eigenvalue weighted by Gasteiger charge is 2.28. The van der Waals surface area contributed by atoms with E-state index in [2.05, 4.69) is 53.2 Å². The minimum absolute atomic E-state index is 0.250. The van der Waals surface area contributed by atoms with E-state index in [0.717, 1.165) is 68.5 Å². The van der Waals surface area contributed by atoms with Crippen LogP contribution in [-0.2, 0) is 22.6 Å². The summed E-state index contributed by atoms with van der Waals surface area (Å²) in [6.07, 6.45) is 6.80. The second-order valence-corrected chi connectivity index (χ2v) is 9.58. The second-order valence-electron chi connectivity index (χ2n) is 9.58. The zero-order chi connectivity index (χ0) is 23.9. The number of nitrogens with one attached hydrogen (secondary N) is 1. The maximum absolute atomic E-state index is 8.36. The monoisotopic (exact) mass is 467 g/mol. The molecular formula is C26H37N5O3. The number of benzene rings is 1. The first-order valence-corrected chi connectivity index (χ1v) is 12.5. The van der Waals surface area contributed by atoms with Gasteiger partial charge in [0.25, 0.3) is 6.47 Å². The number of aromatic nitrogens is 2. The molecule has 8 heteroatoms. The normalized spacial score (nSPS) is 18.9. The Kier molecular flexibility index (Phi) is 8.34. The fourth-order valence-electron chi connectivity index (χ4n) is 5.05. The van der Waals surface area contributed by atoms with Crippen molar-refractivity contribution in [3.05, 3.63) is 41.1 Å². The number of fused-ring (bicyclic) bond motifs is 1. The highest BCUT2D eigenvalue weighted by Crippen LogP contribution is 2.35. The fraction of sp³-hybridized carbons (Fsp3) is 0.577. The predicted molar refractivity (Wildman–Crippen MR) is 134 cm³/mol. The number of carbonyl (C=O) groups is 1. The van der Waals surface area contributed by atoms with Crippen molar-refractivity contribution in [2.45, 2.75) is 71.0 Å². The summed E-state index contributed by atoms with van der Waals surface area (Å²) in [5.74, 6) is 2.52. The number of carboxylic acid groups (broad SMARTS) is 1. The average Bonchev–Trinajstić information content (AvgIpc) is 3.31. The van der Waals surface area contributed by atoms with Crippen molar-refractivity contribution in [3.63, 3.8) is 0 Å².